The molecule has 0 fully saturated rings. The van der Waals surface area contributed by atoms with E-state index in [2.05, 4.69) is 0 Å². The van der Waals surface area contributed by atoms with Crippen LogP contribution in [0.2, 0.25) is 0 Å². The topological polar surface area (TPSA) is 91.7 Å². The van der Waals surface area contributed by atoms with Gasteiger partial charge in [0, 0.05) is 24.9 Å². The van der Waals surface area contributed by atoms with Crippen molar-refractivity contribution < 1.29 is 26.7 Å². The molecule has 0 radical (unpaired) electrons. The number of anilines is 1. The smallest absolute Gasteiger partial charge is 0.375 e. The molecule has 0 saturated carbocycles. The number of fused-ring (bicyclic) bond motifs is 1. The van der Waals surface area contributed by atoms with Gasteiger partial charge < -0.3 is 4.42 Å². The van der Waals surface area contributed by atoms with Gasteiger partial charge in [-0.3, -0.25) is 14.2 Å². The Morgan fingerprint density at radius 3 is 2.52 bits per heavy atom. The Morgan fingerprint density at radius 2 is 1.93 bits per heavy atom. The highest BCUT2D eigenvalue weighted by molar-refractivity contribution is 7.85. The molecule has 0 aliphatic carbocycles. The number of rotatable bonds is 5. The maximum atomic E-state index is 12.0. The summed E-state index contributed by atoms with van der Waals surface area (Å²) in [6.45, 7) is 3.85. The van der Waals surface area contributed by atoms with Crippen LogP contribution in [0.1, 0.15) is 19.7 Å². The molecule has 3 rings (SSSR count). The molecular weight excluding hydrogens is 368 g/mol. The first-order valence-electron chi connectivity index (χ1n) is 8.28. The SMILES string of the molecule is CC[n+]1c(C=CN(C(C)=O)c2ccccc2)oc2ccc(S(=O)(=O)O)cc21. The zero-order chi connectivity index (χ0) is 19.6. The lowest BCUT2D eigenvalue weighted by Crippen LogP contribution is -2.34. The maximum Gasteiger partial charge on any atom is 0.375 e. The van der Waals surface area contributed by atoms with Crippen LogP contribution in [-0.4, -0.2) is 18.9 Å². The second kappa shape index (κ2) is 7.34. The minimum Gasteiger partial charge on any atom is -0.398 e. The number of hydrogen-bond acceptors (Lipinski definition) is 4. The number of oxazole rings is 1. The molecule has 0 atom stereocenters. The molecule has 0 spiro atoms. The van der Waals surface area contributed by atoms with Gasteiger partial charge in [0.15, 0.2) is 0 Å². The Hall–Kier alpha value is -2.97. The Bertz CT molecular complexity index is 1120. The van der Waals surface area contributed by atoms with Crippen LogP contribution in [0.5, 0.6) is 0 Å². The number of nitrogens with zero attached hydrogens (tertiary/aromatic N) is 2. The van der Waals surface area contributed by atoms with Crippen molar-refractivity contribution in [2.45, 2.75) is 25.3 Å². The molecule has 0 saturated heterocycles. The number of aromatic nitrogens is 1. The predicted molar refractivity (Wildman–Crippen MR) is 101 cm³/mol. The van der Waals surface area contributed by atoms with Crippen molar-refractivity contribution in [3.8, 4) is 0 Å². The lowest BCUT2D eigenvalue weighted by molar-refractivity contribution is -0.674. The molecular formula is C19H19N2O5S+. The molecule has 27 heavy (non-hydrogen) atoms. The van der Waals surface area contributed by atoms with Gasteiger partial charge in [-0.2, -0.15) is 13.0 Å². The molecule has 1 amide bonds. The van der Waals surface area contributed by atoms with Gasteiger partial charge in [0.25, 0.3) is 15.6 Å². The summed E-state index contributed by atoms with van der Waals surface area (Å²) in [5.74, 6) is 0.285. The van der Waals surface area contributed by atoms with E-state index in [1.54, 1.807) is 16.8 Å². The van der Waals surface area contributed by atoms with Crippen LogP contribution in [-0.2, 0) is 21.5 Å². The molecule has 8 heteroatoms. The van der Waals surface area contributed by atoms with Crippen LogP contribution in [0, 0.1) is 0 Å². The predicted octanol–water partition coefficient (Wildman–Crippen LogP) is 3.01. The first kappa shape index (κ1) is 18.8. The molecule has 1 N–H and O–H groups in total. The highest BCUT2D eigenvalue weighted by atomic mass is 32.2. The number of benzene rings is 2. The fraction of sp³-hybridized carbons (Fsp3) is 0.158. The van der Waals surface area contributed by atoms with Crippen molar-refractivity contribution in [2.75, 3.05) is 4.90 Å². The van der Waals surface area contributed by atoms with Gasteiger partial charge in [-0.15, -0.1) is 0 Å². The van der Waals surface area contributed by atoms with E-state index in [1.165, 1.54) is 30.0 Å². The Labute approximate surface area is 156 Å². The second-order valence-corrected chi connectivity index (χ2v) is 7.25. The molecule has 3 aromatic rings. The highest BCUT2D eigenvalue weighted by Crippen LogP contribution is 2.20. The first-order chi connectivity index (χ1) is 12.8. The van der Waals surface area contributed by atoms with Crippen molar-refractivity contribution in [3.63, 3.8) is 0 Å². The normalized spacial score (nSPS) is 12.0. The summed E-state index contributed by atoms with van der Waals surface area (Å²) in [5.41, 5.74) is 1.72. The van der Waals surface area contributed by atoms with Gasteiger partial charge in [0.2, 0.25) is 11.5 Å². The van der Waals surface area contributed by atoms with E-state index in [0.717, 1.165) is 0 Å². The molecule has 0 unspecified atom stereocenters. The molecule has 1 heterocycles. The van der Waals surface area contributed by atoms with Crippen molar-refractivity contribution in [3.05, 3.63) is 60.6 Å². The number of carbonyl (C=O) groups is 1. The lowest BCUT2D eigenvalue weighted by Gasteiger charge is -2.15. The summed E-state index contributed by atoms with van der Waals surface area (Å²) >= 11 is 0. The maximum absolute atomic E-state index is 12.0. The Kier molecular flexibility index (Phi) is 5.11. The Balaban J connectivity index is 2.06. The summed E-state index contributed by atoms with van der Waals surface area (Å²) in [5, 5.41) is 0. The molecule has 0 bridgehead atoms. The Morgan fingerprint density at radius 1 is 1.22 bits per heavy atom. The van der Waals surface area contributed by atoms with Crippen LogP contribution < -0.4 is 9.47 Å². The molecule has 2 aromatic carbocycles. The van der Waals surface area contributed by atoms with E-state index in [9.17, 15) is 17.8 Å². The van der Waals surface area contributed by atoms with Crippen LogP contribution in [0.25, 0.3) is 17.2 Å². The van der Waals surface area contributed by atoms with Crippen LogP contribution >= 0.6 is 0 Å². The number of hydrogen-bond donors (Lipinski definition) is 1. The van der Waals surface area contributed by atoms with E-state index in [4.69, 9.17) is 4.42 Å². The fourth-order valence-electron chi connectivity index (χ4n) is 2.79. The molecule has 0 aliphatic rings. The zero-order valence-corrected chi connectivity index (χ0v) is 15.7. The number of aryl methyl sites for hydroxylation is 1. The van der Waals surface area contributed by atoms with Gasteiger partial charge in [0.1, 0.15) is 11.4 Å². The van der Waals surface area contributed by atoms with Crippen LogP contribution in [0.15, 0.2) is 64.0 Å². The van der Waals surface area contributed by atoms with Gasteiger partial charge in [-0.25, -0.2) is 0 Å². The third-order valence-corrected chi connectivity index (χ3v) is 4.91. The summed E-state index contributed by atoms with van der Waals surface area (Å²) in [4.78, 5) is 13.3. The average molecular weight is 387 g/mol. The minimum absolute atomic E-state index is 0.162. The van der Waals surface area contributed by atoms with Crippen LogP contribution in [0.4, 0.5) is 5.69 Å². The summed E-state index contributed by atoms with van der Waals surface area (Å²) < 4.78 is 39.6. The van der Waals surface area contributed by atoms with E-state index >= 15 is 0 Å². The van der Waals surface area contributed by atoms with Gasteiger partial charge in [-0.05, 0) is 31.2 Å². The molecule has 140 valence electrons. The minimum atomic E-state index is -4.31. The van der Waals surface area contributed by atoms with Gasteiger partial charge >= 0.3 is 5.89 Å². The fourth-order valence-corrected chi connectivity index (χ4v) is 3.29. The molecule has 1 aromatic heterocycles. The van der Waals surface area contributed by atoms with Gasteiger partial charge in [0.05, 0.1) is 6.08 Å². The third kappa shape index (κ3) is 3.91. The standard InChI is InChI=1S/C19H18N2O5S/c1-3-20-17-13-16(27(23,24)25)9-10-18(17)26-19(20)11-12-21(14(2)22)15-7-5-4-6-8-15/h4-13H,3H2,1-2H3/p+1. The third-order valence-electron chi connectivity index (χ3n) is 4.06. The van der Waals surface area contributed by atoms with Crippen molar-refractivity contribution in [1.29, 1.82) is 0 Å². The monoisotopic (exact) mass is 387 g/mol. The largest absolute Gasteiger partial charge is 0.398 e. The highest BCUT2D eigenvalue weighted by Gasteiger charge is 2.22. The average Bonchev–Trinajstić information content (AvgIpc) is 2.98. The number of amides is 1. The number of carbonyl (C=O) groups excluding carboxylic acids is 1. The first-order valence-corrected chi connectivity index (χ1v) is 9.72. The summed E-state index contributed by atoms with van der Waals surface area (Å²) in [7, 11) is -4.31. The number of para-hydroxylation sites is 1. The molecule has 0 aliphatic heterocycles. The zero-order valence-electron chi connectivity index (χ0n) is 14.9. The van der Waals surface area contributed by atoms with E-state index in [0.29, 0.717) is 29.2 Å². The lowest BCUT2D eigenvalue weighted by atomic mass is 10.3. The molecule has 7 nitrogen and oxygen atoms in total. The van der Waals surface area contributed by atoms with Crippen molar-refractivity contribution in [2.24, 2.45) is 0 Å². The van der Waals surface area contributed by atoms with E-state index < -0.39 is 10.1 Å². The van der Waals surface area contributed by atoms with E-state index in [-0.39, 0.29) is 10.8 Å². The summed E-state index contributed by atoms with van der Waals surface area (Å²) in [6.07, 6.45) is 3.25. The van der Waals surface area contributed by atoms with E-state index in [1.807, 2.05) is 37.3 Å². The summed E-state index contributed by atoms with van der Waals surface area (Å²) in [6, 6.07) is 13.3. The second-order valence-electron chi connectivity index (χ2n) is 5.83. The van der Waals surface area contributed by atoms with Gasteiger partial charge in [-0.1, -0.05) is 18.2 Å². The van der Waals surface area contributed by atoms with Crippen molar-refractivity contribution >= 4 is 38.9 Å². The van der Waals surface area contributed by atoms with Crippen LogP contribution in [0.3, 0.4) is 0 Å². The van der Waals surface area contributed by atoms with Crippen molar-refractivity contribution in [1.82, 2.24) is 0 Å². The quantitative estimate of drug-likeness (QED) is 0.537.